The van der Waals surface area contributed by atoms with Crippen LogP contribution in [0, 0.1) is 11.8 Å². The number of unbranched alkanes of at least 4 members (excludes halogenated alkanes) is 28. The quantitative estimate of drug-likeness (QED) is 0.0348. The first kappa shape index (κ1) is 53.4. The Kier molecular flexibility index (Phi) is 40.8. The fourth-order valence-corrected chi connectivity index (χ4v) is 7.28. The summed E-state index contributed by atoms with van der Waals surface area (Å²) < 4.78 is 16.7. The van der Waals surface area contributed by atoms with Gasteiger partial charge >= 0.3 is 17.9 Å². The molecule has 0 aliphatic carbocycles. The molecule has 0 amide bonds. The molecule has 0 bridgehead atoms. The molecule has 0 aromatic carbocycles. The normalized spacial score (nSPS) is 12.1. The monoisotopic (exact) mass is 779 g/mol. The molecule has 0 spiro atoms. The lowest BCUT2D eigenvalue weighted by atomic mass is 10.0. The Morgan fingerprint density at radius 2 is 0.600 bits per heavy atom. The molecule has 0 fully saturated rings. The van der Waals surface area contributed by atoms with Crippen molar-refractivity contribution in [2.45, 2.75) is 272 Å². The first-order valence-corrected chi connectivity index (χ1v) is 24.2. The molecule has 1 atom stereocenters. The van der Waals surface area contributed by atoms with Crippen molar-refractivity contribution in [3.8, 4) is 0 Å². The van der Waals surface area contributed by atoms with Gasteiger partial charge < -0.3 is 14.2 Å². The molecule has 0 rings (SSSR count). The zero-order chi connectivity index (χ0) is 40.5. The van der Waals surface area contributed by atoms with Crippen molar-refractivity contribution in [1.82, 2.24) is 0 Å². The van der Waals surface area contributed by atoms with Gasteiger partial charge in [-0.2, -0.15) is 0 Å². The summed E-state index contributed by atoms with van der Waals surface area (Å²) >= 11 is 0. The molecule has 0 heterocycles. The van der Waals surface area contributed by atoms with Crippen molar-refractivity contribution in [3.05, 3.63) is 0 Å². The number of carbonyl (C=O) groups is 3. The lowest BCUT2D eigenvalue weighted by Crippen LogP contribution is -2.30. The van der Waals surface area contributed by atoms with Gasteiger partial charge in [0.15, 0.2) is 6.10 Å². The molecule has 0 aliphatic heterocycles. The average molecular weight is 779 g/mol. The highest BCUT2D eigenvalue weighted by Crippen LogP contribution is 2.17. The SMILES string of the molecule is CCCCCCCC(=O)OC[C@H](COC(=O)CCCCCCCCCCCCCCC(C)C)OC(=O)CCCCCCCCCCCCCCCCC(C)C. The molecular weight excluding hydrogens is 685 g/mol. The van der Waals surface area contributed by atoms with Crippen LogP contribution >= 0.6 is 0 Å². The summed E-state index contributed by atoms with van der Waals surface area (Å²) in [5, 5.41) is 0. The maximum atomic E-state index is 12.7. The highest BCUT2D eigenvalue weighted by atomic mass is 16.6. The molecule has 0 saturated heterocycles. The second-order valence-corrected chi connectivity index (χ2v) is 17.7. The number of esters is 3. The predicted molar refractivity (Wildman–Crippen MR) is 233 cm³/mol. The van der Waals surface area contributed by atoms with Gasteiger partial charge in [-0.25, -0.2) is 0 Å². The Morgan fingerprint density at radius 1 is 0.345 bits per heavy atom. The van der Waals surface area contributed by atoms with Crippen LogP contribution in [-0.4, -0.2) is 37.2 Å². The number of rotatable bonds is 43. The van der Waals surface area contributed by atoms with E-state index in [0.717, 1.165) is 76.0 Å². The van der Waals surface area contributed by atoms with E-state index in [4.69, 9.17) is 14.2 Å². The van der Waals surface area contributed by atoms with Crippen molar-refractivity contribution in [1.29, 1.82) is 0 Å². The first-order valence-electron chi connectivity index (χ1n) is 24.2. The summed E-state index contributed by atoms with van der Waals surface area (Å²) in [6.07, 6.45) is 41.2. The van der Waals surface area contributed by atoms with Gasteiger partial charge in [0, 0.05) is 19.3 Å². The van der Waals surface area contributed by atoms with E-state index >= 15 is 0 Å². The van der Waals surface area contributed by atoms with Crippen molar-refractivity contribution in [2.24, 2.45) is 11.8 Å². The van der Waals surface area contributed by atoms with E-state index in [1.54, 1.807) is 0 Å². The molecule has 6 nitrogen and oxygen atoms in total. The standard InChI is InChI=1S/C49H94O6/c1-6-7-8-27-34-39-47(50)53-42-46(43-54-48(51)40-35-30-25-21-17-14-13-16-20-24-29-33-38-45(4)5)55-49(52)41-36-31-26-22-18-12-10-9-11-15-19-23-28-32-37-44(2)3/h44-46H,6-43H2,1-5H3/t46-/m1/s1. The van der Waals surface area contributed by atoms with Crippen LogP contribution < -0.4 is 0 Å². The van der Waals surface area contributed by atoms with Crippen molar-refractivity contribution in [3.63, 3.8) is 0 Å². The molecule has 55 heavy (non-hydrogen) atoms. The maximum Gasteiger partial charge on any atom is 0.306 e. The molecule has 0 N–H and O–H groups in total. The van der Waals surface area contributed by atoms with E-state index in [0.29, 0.717) is 19.3 Å². The average Bonchev–Trinajstić information content (AvgIpc) is 3.15. The van der Waals surface area contributed by atoms with E-state index in [-0.39, 0.29) is 31.1 Å². The Balaban J connectivity index is 4.14. The van der Waals surface area contributed by atoms with Crippen LogP contribution in [0.3, 0.4) is 0 Å². The minimum Gasteiger partial charge on any atom is -0.462 e. The van der Waals surface area contributed by atoms with Crippen molar-refractivity contribution in [2.75, 3.05) is 13.2 Å². The van der Waals surface area contributed by atoms with Gasteiger partial charge in [-0.1, -0.05) is 227 Å². The van der Waals surface area contributed by atoms with Crippen LogP contribution in [-0.2, 0) is 28.6 Å². The van der Waals surface area contributed by atoms with E-state index in [1.165, 1.54) is 148 Å². The van der Waals surface area contributed by atoms with E-state index in [1.807, 2.05) is 0 Å². The van der Waals surface area contributed by atoms with Gasteiger partial charge in [-0.15, -0.1) is 0 Å². The van der Waals surface area contributed by atoms with Crippen LogP contribution in [0.4, 0.5) is 0 Å². The zero-order valence-corrected chi connectivity index (χ0v) is 37.6. The Labute approximate surface area is 342 Å². The Hall–Kier alpha value is -1.59. The van der Waals surface area contributed by atoms with Gasteiger partial charge in [0.05, 0.1) is 0 Å². The second-order valence-electron chi connectivity index (χ2n) is 17.7. The van der Waals surface area contributed by atoms with Crippen LogP contribution in [0.2, 0.25) is 0 Å². The van der Waals surface area contributed by atoms with Crippen LogP contribution in [0.25, 0.3) is 0 Å². The summed E-state index contributed by atoms with van der Waals surface area (Å²) in [4.78, 5) is 37.6. The van der Waals surface area contributed by atoms with Gasteiger partial charge in [0.1, 0.15) is 13.2 Å². The highest BCUT2D eigenvalue weighted by Gasteiger charge is 2.19. The van der Waals surface area contributed by atoms with Gasteiger partial charge in [0.25, 0.3) is 0 Å². The summed E-state index contributed by atoms with van der Waals surface area (Å²) in [5.74, 6) is 0.811. The summed E-state index contributed by atoms with van der Waals surface area (Å²) in [6, 6.07) is 0. The molecule has 326 valence electrons. The minimum atomic E-state index is -0.759. The molecule has 0 aromatic heterocycles. The predicted octanol–water partition coefficient (Wildman–Crippen LogP) is 15.4. The second kappa shape index (κ2) is 42.0. The topological polar surface area (TPSA) is 78.9 Å². The molecule has 0 aromatic rings. The first-order chi connectivity index (χ1) is 26.7. The third-order valence-electron chi connectivity index (χ3n) is 11.0. The van der Waals surface area contributed by atoms with Gasteiger partial charge in [-0.05, 0) is 31.1 Å². The fraction of sp³-hybridized carbons (Fsp3) is 0.939. The Morgan fingerprint density at radius 3 is 0.891 bits per heavy atom. The highest BCUT2D eigenvalue weighted by molar-refractivity contribution is 5.71. The number of carbonyl (C=O) groups excluding carboxylic acids is 3. The lowest BCUT2D eigenvalue weighted by Gasteiger charge is -2.18. The molecular formula is C49H94O6. The smallest absolute Gasteiger partial charge is 0.306 e. The molecule has 0 unspecified atom stereocenters. The van der Waals surface area contributed by atoms with Gasteiger partial charge in [-0.3, -0.25) is 14.4 Å². The lowest BCUT2D eigenvalue weighted by molar-refractivity contribution is -0.167. The Bertz CT molecular complexity index is 839. The van der Waals surface area contributed by atoms with Crippen molar-refractivity contribution >= 4 is 17.9 Å². The minimum absolute atomic E-state index is 0.0651. The molecule has 0 aliphatic rings. The number of hydrogen-bond acceptors (Lipinski definition) is 6. The third kappa shape index (κ3) is 43.4. The number of hydrogen-bond donors (Lipinski definition) is 0. The summed E-state index contributed by atoms with van der Waals surface area (Å²) in [5.41, 5.74) is 0. The van der Waals surface area contributed by atoms with E-state index in [2.05, 4.69) is 34.6 Å². The van der Waals surface area contributed by atoms with Crippen LogP contribution in [0.15, 0.2) is 0 Å². The number of ether oxygens (including phenoxy) is 3. The third-order valence-corrected chi connectivity index (χ3v) is 11.0. The van der Waals surface area contributed by atoms with Crippen LogP contribution in [0.5, 0.6) is 0 Å². The van der Waals surface area contributed by atoms with E-state index < -0.39 is 6.10 Å². The molecule has 0 saturated carbocycles. The van der Waals surface area contributed by atoms with Crippen molar-refractivity contribution < 1.29 is 28.6 Å². The van der Waals surface area contributed by atoms with E-state index in [9.17, 15) is 14.4 Å². The summed E-state index contributed by atoms with van der Waals surface area (Å²) in [7, 11) is 0. The van der Waals surface area contributed by atoms with Crippen LogP contribution in [0.1, 0.15) is 266 Å². The largest absolute Gasteiger partial charge is 0.462 e. The van der Waals surface area contributed by atoms with Gasteiger partial charge in [0.2, 0.25) is 0 Å². The molecule has 6 heteroatoms. The fourth-order valence-electron chi connectivity index (χ4n) is 7.28. The molecule has 0 radical (unpaired) electrons. The zero-order valence-electron chi connectivity index (χ0n) is 37.6. The summed E-state index contributed by atoms with van der Waals surface area (Å²) in [6.45, 7) is 11.3. The maximum absolute atomic E-state index is 12.7.